The van der Waals surface area contributed by atoms with E-state index in [4.69, 9.17) is 9.39 Å². The molecule has 0 saturated carbocycles. The third kappa shape index (κ3) is 3.54. The van der Waals surface area contributed by atoms with Crippen LogP contribution in [0.25, 0.3) is 27.6 Å². The maximum Gasteiger partial charge on any atom is 0.467 e. The lowest BCUT2D eigenvalue weighted by Crippen LogP contribution is -2.30. The van der Waals surface area contributed by atoms with Crippen LogP contribution in [0.3, 0.4) is 0 Å². The highest BCUT2D eigenvalue weighted by molar-refractivity contribution is 8.26. The third-order valence-electron chi connectivity index (χ3n) is 6.21. The molecule has 0 bridgehead atoms. The highest BCUT2D eigenvalue weighted by Crippen LogP contribution is 2.39. The van der Waals surface area contributed by atoms with Crippen LogP contribution in [0.2, 0.25) is 0 Å². The molecule has 0 radical (unpaired) electrons. The van der Waals surface area contributed by atoms with Gasteiger partial charge >= 0.3 is 6.19 Å². The van der Waals surface area contributed by atoms with E-state index in [9.17, 15) is 0 Å². The Kier molecular flexibility index (Phi) is 4.77. The van der Waals surface area contributed by atoms with Crippen molar-refractivity contribution in [3.63, 3.8) is 0 Å². The zero-order valence-corrected chi connectivity index (χ0v) is 19.5. The van der Waals surface area contributed by atoms with Gasteiger partial charge in [-0.1, -0.05) is 48.5 Å². The molecule has 0 amide bonds. The van der Waals surface area contributed by atoms with E-state index >= 15 is 0 Å². The molecule has 0 unspecified atom stereocenters. The van der Waals surface area contributed by atoms with Crippen molar-refractivity contribution in [1.29, 1.82) is 0 Å². The number of nitrogens with zero attached hydrogens (tertiary/aromatic N) is 2. The molecule has 0 fully saturated rings. The summed E-state index contributed by atoms with van der Waals surface area (Å²) in [4.78, 5) is 5.78. The second-order valence-corrected chi connectivity index (χ2v) is 9.51. The first-order valence-electron chi connectivity index (χ1n) is 11.5. The molecule has 2 aromatic heterocycles. The summed E-state index contributed by atoms with van der Waals surface area (Å²) < 4.78 is 14.7. The average Bonchev–Trinajstić information content (AvgIpc) is 3.49. The second-order valence-electron chi connectivity index (χ2n) is 8.41. The highest BCUT2D eigenvalue weighted by atomic mass is 32.2. The first-order chi connectivity index (χ1) is 17.3. The monoisotopic (exact) mass is 470 g/mol. The molecule has 0 aliphatic carbocycles. The van der Waals surface area contributed by atoms with Crippen molar-refractivity contribution in [3.8, 4) is 23.1 Å². The SMILES string of the molecule is c1ccc(-n2c3ccccc3c3ccc(Oc4cccc(B5Oc6ccccc6S5)c4)cc32)nc1. The van der Waals surface area contributed by atoms with E-state index in [1.54, 1.807) is 11.6 Å². The van der Waals surface area contributed by atoms with Gasteiger partial charge in [-0.25, -0.2) is 4.98 Å². The zero-order chi connectivity index (χ0) is 23.2. The highest BCUT2D eigenvalue weighted by Gasteiger charge is 2.31. The number of aromatic nitrogens is 2. The number of pyridine rings is 1. The van der Waals surface area contributed by atoms with E-state index in [0.717, 1.165) is 44.5 Å². The molecule has 1 aliphatic rings. The van der Waals surface area contributed by atoms with Crippen LogP contribution in [0.1, 0.15) is 0 Å². The maximum absolute atomic E-state index is 6.35. The number of para-hydroxylation sites is 2. The van der Waals surface area contributed by atoms with Crippen molar-refractivity contribution in [2.75, 3.05) is 0 Å². The molecule has 4 aromatic carbocycles. The summed E-state index contributed by atoms with van der Waals surface area (Å²) in [7, 11) is 0. The molecule has 0 spiro atoms. The molecular weight excluding hydrogens is 451 g/mol. The van der Waals surface area contributed by atoms with Gasteiger partial charge in [-0.2, -0.15) is 0 Å². The molecule has 35 heavy (non-hydrogen) atoms. The van der Waals surface area contributed by atoms with Crippen molar-refractivity contribution >= 4 is 45.1 Å². The number of hydrogen-bond donors (Lipinski definition) is 0. The summed E-state index contributed by atoms with van der Waals surface area (Å²) in [6.07, 6.45) is 1.74. The predicted octanol–water partition coefficient (Wildman–Crippen LogP) is 6.85. The van der Waals surface area contributed by atoms with Crippen LogP contribution in [0, 0.1) is 0 Å². The van der Waals surface area contributed by atoms with Crippen molar-refractivity contribution in [1.82, 2.24) is 9.55 Å². The minimum Gasteiger partial charge on any atom is -0.546 e. The summed E-state index contributed by atoms with van der Waals surface area (Å²) in [5.74, 6) is 3.37. The molecule has 7 rings (SSSR count). The van der Waals surface area contributed by atoms with Gasteiger partial charge in [-0.3, -0.25) is 4.57 Å². The molecule has 6 aromatic rings. The number of hydrogen-bond acceptors (Lipinski definition) is 4. The number of benzene rings is 4. The van der Waals surface area contributed by atoms with Crippen LogP contribution < -0.4 is 14.9 Å². The Morgan fingerprint density at radius 1 is 0.714 bits per heavy atom. The van der Waals surface area contributed by atoms with Crippen molar-refractivity contribution < 1.29 is 9.39 Å². The lowest BCUT2D eigenvalue weighted by Gasteiger charge is -2.11. The Hall–Kier alpha value is -4.16. The first-order valence-corrected chi connectivity index (χ1v) is 12.4. The average molecular weight is 470 g/mol. The summed E-state index contributed by atoms with van der Waals surface area (Å²) >= 11 is 1.72. The lowest BCUT2D eigenvalue weighted by atomic mass is 9.86. The fourth-order valence-electron chi connectivity index (χ4n) is 4.64. The van der Waals surface area contributed by atoms with E-state index in [0.29, 0.717) is 0 Å². The van der Waals surface area contributed by atoms with Gasteiger partial charge in [0.15, 0.2) is 0 Å². The van der Waals surface area contributed by atoms with Crippen LogP contribution in [-0.2, 0) is 0 Å². The molecular formula is C29H19BN2O2S. The van der Waals surface area contributed by atoms with E-state index in [-0.39, 0.29) is 6.19 Å². The Labute approximate surface area is 207 Å². The smallest absolute Gasteiger partial charge is 0.467 e. The van der Waals surface area contributed by atoms with Crippen molar-refractivity contribution in [2.45, 2.75) is 4.90 Å². The topological polar surface area (TPSA) is 36.3 Å². The summed E-state index contributed by atoms with van der Waals surface area (Å²) in [5, 5.41) is 2.36. The molecule has 166 valence electrons. The second kappa shape index (κ2) is 8.26. The van der Waals surface area contributed by atoms with Gasteiger partial charge in [0.1, 0.15) is 23.1 Å². The molecule has 6 heteroatoms. The van der Waals surface area contributed by atoms with Gasteiger partial charge in [0, 0.05) is 27.9 Å². The Morgan fingerprint density at radius 2 is 1.54 bits per heavy atom. The molecule has 0 saturated heterocycles. The minimum absolute atomic E-state index is 0.0786. The largest absolute Gasteiger partial charge is 0.546 e. The maximum atomic E-state index is 6.35. The van der Waals surface area contributed by atoms with Gasteiger partial charge in [-0.05, 0) is 60.1 Å². The van der Waals surface area contributed by atoms with Gasteiger partial charge in [0.05, 0.1) is 11.0 Å². The van der Waals surface area contributed by atoms with Crippen molar-refractivity contribution in [3.05, 3.63) is 115 Å². The predicted molar refractivity (Wildman–Crippen MR) is 143 cm³/mol. The molecule has 0 N–H and O–H groups in total. The summed E-state index contributed by atoms with van der Waals surface area (Å²) in [6, 6.07) is 36.9. The standard InChI is InChI=1S/C29H19BN2O2S/c1-2-11-25-23(10-1)24-16-15-22(19-26(24)32(25)29-14-5-6-17-31-29)33-21-9-7-8-20(18-21)30-34-27-12-3-4-13-28(27)35-30/h1-19H. The third-order valence-corrected chi connectivity index (χ3v) is 7.38. The number of fused-ring (bicyclic) bond motifs is 4. The van der Waals surface area contributed by atoms with E-state index in [2.05, 4.69) is 64.1 Å². The Balaban J connectivity index is 1.26. The van der Waals surface area contributed by atoms with Gasteiger partial charge in [-0.15, -0.1) is 11.6 Å². The van der Waals surface area contributed by atoms with Crippen LogP contribution in [0.15, 0.2) is 120 Å². The molecule has 0 atom stereocenters. The van der Waals surface area contributed by atoms with E-state index in [1.807, 2.05) is 60.8 Å². The quantitative estimate of drug-likeness (QED) is 0.264. The Bertz CT molecular complexity index is 1680. The fourth-order valence-corrected chi connectivity index (χ4v) is 5.70. The van der Waals surface area contributed by atoms with Crippen LogP contribution >= 0.6 is 11.6 Å². The van der Waals surface area contributed by atoms with Crippen molar-refractivity contribution in [2.24, 2.45) is 0 Å². The number of rotatable bonds is 4. The normalized spacial score (nSPS) is 12.6. The van der Waals surface area contributed by atoms with Crippen LogP contribution in [0.4, 0.5) is 0 Å². The first kappa shape index (κ1) is 20.2. The van der Waals surface area contributed by atoms with Crippen LogP contribution in [-0.4, -0.2) is 15.7 Å². The number of ether oxygens (including phenoxy) is 1. The Morgan fingerprint density at radius 3 is 2.46 bits per heavy atom. The van der Waals surface area contributed by atoms with E-state index in [1.165, 1.54) is 10.8 Å². The van der Waals surface area contributed by atoms with Gasteiger partial charge < -0.3 is 9.39 Å². The van der Waals surface area contributed by atoms with E-state index < -0.39 is 0 Å². The summed E-state index contributed by atoms with van der Waals surface area (Å²) in [6.45, 7) is 0. The zero-order valence-electron chi connectivity index (χ0n) is 18.7. The molecule has 3 heterocycles. The van der Waals surface area contributed by atoms with Gasteiger partial charge in [0.25, 0.3) is 0 Å². The minimum atomic E-state index is -0.0786. The molecule has 4 nitrogen and oxygen atoms in total. The lowest BCUT2D eigenvalue weighted by molar-refractivity contribution is 0.483. The summed E-state index contributed by atoms with van der Waals surface area (Å²) in [5.41, 5.74) is 3.26. The van der Waals surface area contributed by atoms with Crippen LogP contribution in [0.5, 0.6) is 17.2 Å². The van der Waals surface area contributed by atoms with Gasteiger partial charge in [0.2, 0.25) is 0 Å². The molecule has 1 aliphatic heterocycles. The fraction of sp³-hybridized carbons (Fsp3) is 0.